The lowest BCUT2D eigenvalue weighted by atomic mass is 9.70. The van der Waals surface area contributed by atoms with Crippen molar-refractivity contribution in [2.75, 3.05) is 6.61 Å². The number of aliphatic carboxylic acids is 1. The Balaban J connectivity index is 1.68. The molecule has 5 atom stereocenters. The van der Waals surface area contributed by atoms with Crippen LogP contribution in [0.3, 0.4) is 0 Å². The van der Waals surface area contributed by atoms with Gasteiger partial charge in [-0.2, -0.15) is 0 Å². The van der Waals surface area contributed by atoms with Crippen LogP contribution in [0.1, 0.15) is 70.3 Å². The average Bonchev–Trinajstić information content (AvgIpc) is 3.31. The van der Waals surface area contributed by atoms with Gasteiger partial charge in [0.15, 0.2) is 0 Å². The molecule has 1 aromatic rings. The Bertz CT molecular complexity index is 756. The summed E-state index contributed by atoms with van der Waals surface area (Å²) in [7, 11) is 0. The molecule has 4 nitrogen and oxygen atoms in total. The van der Waals surface area contributed by atoms with E-state index in [9.17, 15) is 9.90 Å². The fraction of sp³-hybridized carbons (Fsp3) is 0.607. The van der Waals surface area contributed by atoms with Gasteiger partial charge in [-0.25, -0.2) is 0 Å². The van der Waals surface area contributed by atoms with E-state index >= 15 is 0 Å². The van der Waals surface area contributed by atoms with Gasteiger partial charge in [-0.1, -0.05) is 80.8 Å². The van der Waals surface area contributed by atoms with E-state index in [1.165, 1.54) is 5.56 Å². The van der Waals surface area contributed by atoms with Crippen LogP contribution in [0.25, 0.3) is 0 Å². The van der Waals surface area contributed by atoms with Crippen molar-refractivity contribution in [1.82, 2.24) is 0 Å². The van der Waals surface area contributed by atoms with E-state index in [0.717, 1.165) is 58.0 Å². The van der Waals surface area contributed by atoms with Crippen molar-refractivity contribution in [3.63, 3.8) is 0 Å². The van der Waals surface area contributed by atoms with Crippen LogP contribution in [-0.2, 0) is 16.0 Å². The number of carboxylic acids is 1. The Kier molecular flexibility index (Phi) is 9.55. The van der Waals surface area contributed by atoms with Gasteiger partial charge in [-0.05, 0) is 50.0 Å². The molecule has 1 heterocycles. The first-order chi connectivity index (χ1) is 15.5. The molecule has 2 fully saturated rings. The van der Waals surface area contributed by atoms with E-state index in [1.54, 1.807) is 0 Å². The molecule has 1 aromatic carbocycles. The second-order valence-electron chi connectivity index (χ2n) is 9.70. The average molecular weight is 441 g/mol. The highest BCUT2D eigenvalue weighted by molar-refractivity contribution is 5.66. The molecular formula is C28H40O4. The maximum absolute atomic E-state index is 10.7. The van der Waals surface area contributed by atoms with Gasteiger partial charge in [0.1, 0.15) is 0 Å². The third-order valence-electron chi connectivity index (χ3n) is 7.25. The highest BCUT2D eigenvalue weighted by Crippen LogP contribution is 2.57. The summed E-state index contributed by atoms with van der Waals surface area (Å²) < 4.78 is 6.25. The number of benzene rings is 1. The summed E-state index contributed by atoms with van der Waals surface area (Å²) in [6.07, 6.45) is 17.5. The van der Waals surface area contributed by atoms with Crippen LogP contribution in [0, 0.1) is 17.3 Å². The molecule has 4 heteroatoms. The van der Waals surface area contributed by atoms with E-state index in [4.69, 9.17) is 9.84 Å². The molecule has 32 heavy (non-hydrogen) atoms. The molecular weight excluding hydrogens is 400 g/mol. The van der Waals surface area contributed by atoms with Gasteiger partial charge < -0.3 is 14.9 Å². The number of rotatable bonds is 14. The van der Waals surface area contributed by atoms with Crippen molar-refractivity contribution in [1.29, 1.82) is 0 Å². The van der Waals surface area contributed by atoms with Crippen LogP contribution in [0.5, 0.6) is 0 Å². The number of aliphatic hydroxyl groups is 1. The zero-order chi connectivity index (χ0) is 22.8. The molecule has 2 bridgehead atoms. The van der Waals surface area contributed by atoms with E-state index in [1.807, 2.05) is 6.08 Å². The fourth-order valence-corrected chi connectivity index (χ4v) is 5.57. The molecule has 0 unspecified atom stereocenters. The molecule has 1 saturated carbocycles. The topological polar surface area (TPSA) is 66.8 Å². The normalized spacial score (nSPS) is 28.1. The number of hydrogen-bond donors (Lipinski definition) is 2. The molecule has 3 rings (SSSR count). The first-order valence-corrected chi connectivity index (χ1v) is 12.4. The smallest absolute Gasteiger partial charge is 0.303 e. The molecule has 0 radical (unpaired) electrons. The molecule has 2 N–H and O–H groups in total. The summed E-state index contributed by atoms with van der Waals surface area (Å²) >= 11 is 0. The van der Waals surface area contributed by atoms with Crippen LogP contribution >= 0.6 is 0 Å². The predicted molar refractivity (Wildman–Crippen MR) is 128 cm³/mol. The molecule has 0 aromatic heterocycles. The SMILES string of the molecule is CCCCC[C@H](O)/C=C/[C@@H]1[C@@H](C/C=C\CCCC(=O)O)[C@@]2(Cc3ccccc3)CO[C@@H]1C2. The van der Waals surface area contributed by atoms with Crippen molar-refractivity contribution >= 4 is 5.97 Å². The Labute approximate surface area is 193 Å². The van der Waals surface area contributed by atoms with Crippen LogP contribution in [0.2, 0.25) is 0 Å². The standard InChI is InChI=1S/C28H40O4/c1-2-3-7-14-23(29)17-18-24-25(15-10-4-5-11-16-27(30)31)28(20-26(24)32-21-28)19-22-12-8-6-9-13-22/h4,6,8-10,12-13,17-18,23-26,29H,2-3,5,7,11,14-16,19-21H2,1H3,(H,30,31)/b10-4-,18-17+/t23-,24+,25+,26+,28+/m0/s1. The van der Waals surface area contributed by atoms with E-state index in [0.29, 0.717) is 18.3 Å². The lowest BCUT2D eigenvalue weighted by molar-refractivity contribution is -0.137. The summed E-state index contributed by atoms with van der Waals surface area (Å²) in [5.41, 5.74) is 1.48. The van der Waals surface area contributed by atoms with E-state index in [-0.39, 0.29) is 24.0 Å². The summed E-state index contributed by atoms with van der Waals surface area (Å²) in [5.74, 6) is 0.0568. The first-order valence-electron chi connectivity index (χ1n) is 12.4. The summed E-state index contributed by atoms with van der Waals surface area (Å²) in [4.78, 5) is 10.7. The third-order valence-corrected chi connectivity index (χ3v) is 7.25. The Morgan fingerprint density at radius 1 is 1.22 bits per heavy atom. The number of carboxylic acid groups (broad SMARTS) is 1. The minimum Gasteiger partial charge on any atom is -0.481 e. The maximum Gasteiger partial charge on any atom is 0.303 e. The minimum absolute atomic E-state index is 0.125. The quantitative estimate of drug-likeness (QED) is 0.277. The Morgan fingerprint density at radius 2 is 2.03 bits per heavy atom. The number of carbonyl (C=O) groups is 1. The van der Waals surface area contributed by atoms with Gasteiger partial charge in [0.25, 0.3) is 0 Å². The van der Waals surface area contributed by atoms with Crippen LogP contribution in [0.15, 0.2) is 54.6 Å². The van der Waals surface area contributed by atoms with Gasteiger partial charge in [-0.3, -0.25) is 4.79 Å². The molecule has 2 aliphatic rings. The number of allylic oxidation sites excluding steroid dienone is 2. The zero-order valence-electron chi connectivity index (χ0n) is 19.5. The van der Waals surface area contributed by atoms with Crippen molar-refractivity contribution in [2.24, 2.45) is 17.3 Å². The Morgan fingerprint density at radius 3 is 2.78 bits per heavy atom. The van der Waals surface area contributed by atoms with Crippen molar-refractivity contribution < 1.29 is 19.7 Å². The third kappa shape index (κ3) is 6.79. The van der Waals surface area contributed by atoms with Gasteiger partial charge >= 0.3 is 5.97 Å². The summed E-state index contributed by atoms with van der Waals surface area (Å²) in [6.45, 7) is 2.98. The lowest BCUT2D eigenvalue weighted by Crippen LogP contribution is -2.37. The van der Waals surface area contributed by atoms with Crippen LogP contribution in [0.4, 0.5) is 0 Å². The monoisotopic (exact) mass is 440 g/mol. The van der Waals surface area contributed by atoms with Gasteiger partial charge in [0.2, 0.25) is 0 Å². The Hall–Kier alpha value is -1.91. The highest BCUT2D eigenvalue weighted by Gasteiger charge is 2.57. The van der Waals surface area contributed by atoms with Gasteiger partial charge in [-0.15, -0.1) is 0 Å². The van der Waals surface area contributed by atoms with Gasteiger partial charge in [0.05, 0.1) is 18.8 Å². The zero-order valence-corrected chi connectivity index (χ0v) is 19.5. The lowest BCUT2D eigenvalue weighted by Gasteiger charge is -2.38. The van der Waals surface area contributed by atoms with Crippen LogP contribution < -0.4 is 0 Å². The first kappa shape index (κ1) is 24.7. The predicted octanol–water partition coefficient (Wildman–Crippen LogP) is 5.95. The second kappa shape index (κ2) is 12.4. The maximum atomic E-state index is 10.7. The molecule has 0 amide bonds. The molecule has 1 aliphatic carbocycles. The van der Waals surface area contributed by atoms with Crippen molar-refractivity contribution in [2.45, 2.75) is 83.3 Å². The van der Waals surface area contributed by atoms with E-state index in [2.05, 4.69) is 55.5 Å². The largest absolute Gasteiger partial charge is 0.481 e. The highest BCUT2D eigenvalue weighted by atomic mass is 16.5. The molecule has 176 valence electrons. The van der Waals surface area contributed by atoms with Gasteiger partial charge in [0, 0.05) is 17.8 Å². The number of hydrogen-bond acceptors (Lipinski definition) is 3. The van der Waals surface area contributed by atoms with E-state index < -0.39 is 5.97 Å². The molecule has 0 spiro atoms. The number of unbranched alkanes of at least 4 members (excludes halogenated alkanes) is 3. The molecule has 1 saturated heterocycles. The van der Waals surface area contributed by atoms with Crippen molar-refractivity contribution in [3.05, 3.63) is 60.2 Å². The second-order valence-corrected chi connectivity index (χ2v) is 9.70. The summed E-state index contributed by atoms with van der Waals surface area (Å²) in [6, 6.07) is 10.7. The number of aliphatic hydroxyl groups excluding tert-OH is 1. The van der Waals surface area contributed by atoms with Crippen molar-refractivity contribution in [3.8, 4) is 0 Å². The summed E-state index contributed by atoms with van der Waals surface area (Å²) in [5, 5.41) is 19.2. The number of ether oxygens (including phenoxy) is 1. The fourth-order valence-electron chi connectivity index (χ4n) is 5.57. The van der Waals surface area contributed by atoms with Crippen LogP contribution in [-0.4, -0.2) is 35.0 Å². The number of fused-ring (bicyclic) bond motifs is 2. The minimum atomic E-state index is -0.729. The molecule has 1 aliphatic heterocycles.